The number of pyridine rings is 1. The Morgan fingerprint density at radius 1 is 1.02 bits per heavy atom. The molecule has 1 atom stereocenters. The molecule has 2 fully saturated rings. The maximum atomic E-state index is 15.7. The number of rotatable bonds is 8. The van der Waals surface area contributed by atoms with Crippen LogP contribution in [0.5, 0.6) is 5.88 Å². The van der Waals surface area contributed by atoms with Gasteiger partial charge < -0.3 is 19.7 Å². The summed E-state index contributed by atoms with van der Waals surface area (Å²) in [6.45, 7) is 1.34. The number of halogens is 3. The number of carboxylic acid groups (broad SMARTS) is 1. The number of hydrogen-bond acceptors (Lipinski definition) is 6. The fraction of sp³-hybridized carbons (Fsp3) is 0.235. The fourth-order valence-corrected chi connectivity index (χ4v) is 6.20. The van der Waals surface area contributed by atoms with Gasteiger partial charge in [0.1, 0.15) is 29.9 Å². The Morgan fingerprint density at radius 2 is 1.84 bits per heavy atom. The van der Waals surface area contributed by atoms with Crippen molar-refractivity contribution < 1.29 is 27.8 Å². The molecule has 3 aromatic carbocycles. The van der Waals surface area contributed by atoms with Crippen LogP contribution in [0.2, 0.25) is 0 Å². The molecule has 0 amide bonds. The summed E-state index contributed by atoms with van der Waals surface area (Å²) in [6, 6.07) is 17.5. The van der Waals surface area contributed by atoms with Crippen LogP contribution in [0, 0.1) is 34.2 Å². The normalized spacial score (nSPS) is 16.6. The topological polar surface area (TPSA) is 113 Å². The first-order valence-electron chi connectivity index (χ1n) is 14.5. The van der Waals surface area contributed by atoms with Gasteiger partial charge in [0.25, 0.3) is 0 Å². The van der Waals surface area contributed by atoms with Crippen molar-refractivity contribution in [3.63, 3.8) is 0 Å². The third-order valence-electron chi connectivity index (χ3n) is 8.78. The highest BCUT2D eigenvalue weighted by atomic mass is 19.1. The number of nitrogens with zero attached hydrogens (tertiary/aromatic N) is 4. The van der Waals surface area contributed by atoms with E-state index >= 15 is 8.78 Å². The lowest BCUT2D eigenvalue weighted by molar-refractivity contribution is 0.0697. The molecule has 226 valence electrons. The number of benzene rings is 3. The molecule has 2 N–H and O–H groups in total. The number of nitrogens with one attached hydrogen (secondary N) is 1. The second-order valence-corrected chi connectivity index (χ2v) is 11.6. The van der Waals surface area contributed by atoms with E-state index in [9.17, 15) is 14.3 Å². The summed E-state index contributed by atoms with van der Waals surface area (Å²) in [5.41, 5.74) is 2.00. The monoisotopic (exact) mass is 609 g/mol. The third-order valence-corrected chi connectivity index (χ3v) is 8.78. The minimum atomic E-state index is -1.05. The summed E-state index contributed by atoms with van der Waals surface area (Å²) in [5, 5.41) is 22.0. The lowest BCUT2D eigenvalue weighted by Crippen LogP contribution is -2.21. The molecule has 45 heavy (non-hydrogen) atoms. The quantitative estimate of drug-likeness (QED) is 0.216. The van der Waals surface area contributed by atoms with Crippen LogP contribution in [0.15, 0.2) is 66.7 Å². The Hall–Kier alpha value is -5.21. The van der Waals surface area contributed by atoms with Crippen LogP contribution in [-0.2, 0) is 13.0 Å². The van der Waals surface area contributed by atoms with Gasteiger partial charge in [-0.15, -0.1) is 0 Å². The first kappa shape index (κ1) is 28.6. The predicted molar refractivity (Wildman–Crippen MR) is 158 cm³/mol. The summed E-state index contributed by atoms with van der Waals surface area (Å²) in [5.74, 6) is -2.36. The number of ether oxygens (including phenoxy) is 1. The molecule has 1 saturated carbocycles. The summed E-state index contributed by atoms with van der Waals surface area (Å²) in [7, 11) is 0. The van der Waals surface area contributed by atoms with Gasteiger partial charge in [0, 0.05) is 42.1 Å². The maximum Gasteiger partial charge on any atom is 0.335 e. The second kappa shape index (κ2) is 11.1. The van der Waals surface area contributed by atoms with E-state index in [2.05, 4.69) is 10.3 Å². The number of carboxylic acids is 1. The van der Waals surface area contributed by atoms with Crippen LogP contribution in [0.25, 0.3) is 22.3 Å². The molecule has 1 saturated heterocycles. The van der Waals surface area contributed by atoms with E-state index in [4.69, 9.17) is 15.0 Å². The molecule has 1 spiro atoms. The van der Waals surface area contributed by atoms with Gasteiger partial charge >= 0.3 is 5.97 Å². The van der Waals surface area contributed by atoms with E-state index in [0.717, 1.165) is 37.6 Å². The van der Waals surface area contributed by atoms with Crippen molar-refractivity contribution in [3.05, 3.63) is 112 Å². The largest absolute Gasteiger partial charge is 0.478 e. The molecule has 2 aliphatic rings. The van der Waals surface area contributed by atoms with Crippen molar-refractivity contribution in [2.75, 3.05) is 13.1 Å². The van der Waals surface area contributed by atoms with E-state index in [1.807, 2.05) is 10.6 Å². The number of carbonyl (C=O) groups is 1. The fourth-order valence-electron chi connectivity index (χ4n) is 6.20. The van der Waals surface area contributed by atoms with Crippen LogP contribution in [-0.4, -0.2) is 38.7 Å². The van der Waals surface area contributed by atoms with E-state index in [-0.39, 0.29) is 63.9 Å². The summed E-state index contributed by atoms with van der Waals surface area (Å²) < 4.78 is 53.1. The van der Waals surface area contributed by atoms with Gasteiger partial charge in [-0.25, -0.2) is 27.9 Å². The molecule has 0 radical (unpaired) electrons. The maximum absolute atomic E-state index is 15.7. The number of aromatic carboxylic acids is 1. The zero-order valence-electron chi connectivity index (χ0n) is 23.9. The number of hydrogen-bond donors (Lipinski definition) is 2. The second-order valence-electron chi connectivity index (χ2n) is 11.6. The van der Waals surface area contributed by atoms with Crippen molar-refractivity contribution in [1.29, 1.82) is 5.26 Å². The lowest BCUT2D eigenvalue weighted by Gasteiger charge is -2.23. The van der Waals surface area contributed by atoms with Gasteiger partial charge in [0.2, 0.25) is 5.88 Å². The molecule has 0 bridgehead atoms. The molecule has 8 nitrogen and oxygen atoms in total. The van der Waals surface area contributed by atoms with E-state index in [1.165, 1.54) is 30.3 Å². The molecule has 5 aromatic rings. The number of aromatic nitrogens is 3. The zero-order chi connectivity index (χ0) is 31.3. The minimum absolute atomic E-state index is 0.000563. The van der Waals surface area contributed by atoms with Gasteiger partial charge in [0.15, 0.2) is 0 Å². The van der Waals surface area contributed by atoms with Crippen molar-refractivity contribution in [1.82, 2.24) is 19.9 Å². The molecule has 7 rings (SSSR count). The Kier molecular flexibility index (Phi) is 7.01. The summed E-state index contributed by atoms with van der Waals surface area (Å²) in [4.78, 5) is 20.8. The highest BCUT2D eigenvalue weighted by Crippen LogP contribution is 2.56. The standard InChI is InChI=1S/C34H26F3N5O3/c35-24-10-19(15-38)4-5-21(24)17-45-32-3-1-2-27(41-32)23-14-25(36)22(11-26(23)37)13-31-40-28-7-6-20(33(43)44)12-29(28)42(31)30-16-39-18-34(30)8-9-34/h1-7,10-12,14,30,39H,8-9,13,16-18H2,(H,43,44)/t30-/m1/s1. The highest BCUT2D eigenvalue weighted by molar-refractivity contribution is 5.92. The Morgan fingerprint density at radius 3 is 2.60 bits per heavy atom. The van der Waals surface area contributed by atoms with Crippen molar-refractivity contribution >= 4 is 17.0 Å². The average molecular weight is 610 g/mol. The van der Waals surface area contributed by atoms with Crippen molar-refractivity contribution in [2.24, 2.45) is 5.41 Å². The van der Waals surface area contributed by atoms with Crippen LogP contribution >= 0.6 is 0 Å². The van der Waals surface area contributed by atoms with Gasteiger partial charge in [-0.3, -0.25) is 0 Å². The van der Waals surface area contributed by atoms with Crippen LogP contribution in [0.4, 0.5) is 13.2 Å². The first-order valence-corrected chi connectivity index (χ1v) is 14.5. The number of imidazole rings is 1. The van der Waals surface area contributed by atoms with Gasteiger partial charge in [-0.2, -0.15) is 5.26 Å². The Balaban J connectivity index is 1.18. The first-order chi connectivity index (χ1) is 21.7. The van der Waals surface area contributed by atoms with Crippen LogP contribution in [0.1, 0.15) is 51.8 Å². The molecular formula is C34H26F3N5O3. The molecule has 1 aliphatic heterocycles. The zero-order valence-corrected chi connectivity index (χ0v) is 23.9. The third kappa shape index (κ3) is 5.27. The molecular weight excluding hydrogens is 583 g/mol. The van der Waals surface area contributed by atoms with Gasteiger partial charge in [-0.1, -0.05) is 12.1 Å². The number of fused-ring (bicyclic) bond motifs is 1. The van der Waals surface area contributed by atoms with Crippen LogP contribution < -0.4 is 10.1 Å². The van der Waals surface area contributed by atoms with Gasteiger partial charge in [0.05, 0.1) is 40.0 Å². The summed E-state index contributed by atoms with van der Waals surface area (Å²) >= 11 is 0. The molecule has 1 aliphatic carbocycles. The van der Waals surface area contributed by atoms with Crippen LogP contribution in [0.3, 0.4) is 0 Å². The Bertz CT molecular complexity index is 2030. The lowest BCUT2D eigenvalue weighted by atomic mass is 9.99. The summed E-state index contributed by atoms with van der Waals surface area (Å²) in [6.07, 6.45) is 2.05. The SMILES string of the molecule is N#Cc1ccc(COc2cccc(-c3cc(F)c(Cc4nc5ccc(C(=O)O)cc5n4[C@@H]4CNCC45CC5)cc3F)n2)c(F)c1. The minimum Gasteiger partial charge on any atom is -0.478 e. The van der Waals surface area contributed by atoms with Crippen molar-refractivity contribution in [3.8, 4) is 23.2 Å². The number of nitriles is 1. The molecule has 2 aromatic heterocycles. The molecule has 0 unspecified atom stereocenters. The van der Waals surface area contributed by atoms with E-state index in [0.29, 0.717) is 23.4 Å². The highest BCUT2D eigenvalue weighted by Gasteiger charge is 2.53. The average Bonchev–Trinajstić information content (AvgIpc) is 3.57. The van der Waals surface area contributed by atoms with E-state index < -0.39 is 23.4 Å². The smallest absolute Gasteiger partial charge is 0.335 e. The molecule has 11 heteroatoms. The van der Waals surface area contributed by atoms with Gasteiger partial charge in [-0.05, 0) is 66.9 Å². The molecule has 3 heterocycles. The Labute approximate surface area is 255 Å². The van der Waals surface area contributed by atoms with E-state index in [1.54, 1.807) is 18.2 Å². The predicted octanol–water partition coefficient (Wildman–Crippen LogP) is 6.18. The van der Waals surface area contributed by atoms with Crippen molar-refractivity contribution in [2.45, 2.75) is 31.9 Å².